The van der Waals surface area contributed by atoms with E-state index >= 15 is 0 Å². The molecule has 5 heteroatoms. The van der Waals surface area contributed by atoms with Crippen LogP contribution in [0.25, 0.3) is 0 Å². The van der Waals surface area contributed by atoms with Crippen LogP contribution in [0.5, 0.6) is 0 Å². The van der Waals surface area contributed by atoms with Gasteiger partial charge in [-0.15, -0.1) is 0 Å². The van der Waals surface area contributed by atoms with Crippen LogP contribution < -0.4 is 4.90 Å². The monoisotopic (exact) mass is 252 g/mol. The lowest BCUT2D eigenvalue weighted by Gasteiger charge is -2.33. The highest BCUT2D eigenvalue weighted by Crippen LogP contribution is 2.27. The van der Waals surface area contributed by atoms with Gasteiger partial charge in [0.25, 0.3) is 0 Å². The van der Waals surface area contributed by atoms with E-state index in [9.17, 15) is 9.90 Å². The van der Waals surface area contributed by atoms with Crippen molar-refractivity contribution >= 4 is 23.4 Å². The van der Waals surface area contributed by atoms with Crippen LogP contribution >= 0.6 is 11.8 Å². The average Bonchev–Trinajstić information content (AvgIpc) is 2.28. The third kappa shape index (κ3) is 2.72. The normalized spacial score (nSPS) is 20.4. The molecule has 0 amide bonds. The molecule has 0 saturated carbocycles. The molecule has 0 aliphatic carbocycles. The molecule has 1 aliphatic heterocycles. The molecule has 2 heterocycles. The van der Waals surface area contributed by atoms with Gasteiger partial charge < -0.3 is 10.0 Å². The van der Waals surface area contributed by atoms with E-state index < -0.39 is 5.97 Å². The maximum Gasteiger partial charge on any atom is 0.339 e. The van der Waals surface area contributed by atoms with Crippen LogP contribution in [-0.4, -0.2) is 40.2 Å². The Kier molecular flexibility index (Phi) is 3.57. The first-order valence-electron chi connectivity index (χ1n) is 5.64. The number of thioether (sulfide) groups is 1. The van der Waals surface area contributed by atoms with Crippen LogP contribution in [0.15, 0.2) is 12.3 Å². The van der Waals surface area contributed by atoms with Crippen molar-refractivity contribution < 1.29 is 9.90 Å². The smallest absolute Gasteiger partial charge is 0.339 e. The van der Waals surface area contributed by atoms with Gasteiger partial charge in [-0.2, -0.15) is 11.8 Å². The minimum Gasteiger partial charge on any atom is -0.478 e. The van der Waals surface area contributed by atoms with Crippen molar-refractivity contribution in [3.63, 3.8) is 0 Å². The second-order valence-corrected chi connectivity index (χ2v) is 5.82. The molecule has 1 unspecified atom stereocenters. The lowest BCUT2D eigenvalue weighted by atomic mass is 10.1. The van der Waals surface area contributed by atoms with Crippen molar-refractivity contribution in [1.82, 2.24) is 4.98 Å². The summed E-state index contributed by atoms with van der Waals surface area (Å²) < 4.78 is 0. The number of aromatic nitrogens is 1. The van der Waals surface area contributed by atoms with E-state index in [0.717, 1.165) is 30.2 Å². The summed E-state index contributed by atoms with van der Waals surface area (Å²) >= 11 is 1.93. The van der Waals surface area contributed by atoms with Crippen molar-refractivity contribution in [1.29, 1.82) is 0 Å². The third-order valence-corrected chi connectivity index (χ3v) is 3.97. The summed E-state index contributed by atoms with van der Waals surface area (Å²) in [6.45, 7) is 5.86. The lowest BCUT2D eigenvalue weighted by molar-refractivity contribution is 0.0697. The summed E-state index contributed by atoms with van der Waals surface area (Å²) in [6, 6.07) is 1.87. The van der Waals surface area contributed by atoms with Gasteiger partial charge in [0.15, 0.2) is 0 Å². The zero-order valence-electron chi connectivity index (χ0n) is 10.0. The van der Waals surface area contributed by atoms with Crippen molar-refractivity contribution in [3.05, 3.63) is 23.5 Å². The number of nitrogens with zero attached hydrogens (tertiary/aromatic N) is 2. The average molecular weight is 252 g/mol. The van der Waals surface area contributed by atoms with Crippen LogP contribution in [0.1, 0.15) is 23.0 Å². The first-order chi connectivity index (χ1) is 8.08. The minimum absolute atomic E-state index is 0.301. The zero-order valence-corrected chi connectivity index (χ0v) is 10.8. The summed E-state index contributed by atoms with van der Waals surface area (Å²) in [4.78, 5) is 17.4. The van der Waals surface area contributed by atoms with E-state index in [1.54, 1.807) is 0 Å². The topological polar surface area (TPSA) is 53.4 Å². The fraction of sp³-hybridized carbons (Fsp3) is 0.500. The first kappa shape index (κ1) is 12.2. The van der Waals surface area contributed by atoms with Gasteiger partial charge in [0.1, 0.15) is 5.56 Å². The number of rotatable bonds is 2. The zero-order chi connectivity index (χ0) is 12.4. The Hall–Kier alpha value is -1.23. The Morgan fingerprint density at radius 3 is 3.06 bits per heavy atom. The van der Waals surface area contributed by atoms with E-state index in [-0.39, 0.29) is 0 Å². The van der Waals surface area contributed by atoms with Gasteiger partial charge >= 0.3 is 5.97 Å². The Morgan fingerprint density at radius 1 is 1.65 bits per heavy atom. The van der Waals surface area contributed by atoms with Gasteiger partial charge in [0, 0.05) is 36.0 Å². The molecule has 1 aromatic rings. The highest BCUT2D eigenvalue weighted by atomic mass is 32.2. The summed E-state index contributed by atoms with van der Waals surface area (Å²) in [6.07, 6.45) is 1.46. The van der Waals surface area contributed by atoms with Crippen molar-refractivity contribution in [2.24, 2.45) is 0 Å². The molecule has 1 saturated heterocycles. The quantitative estimate of drug-likeness (QED) is 0.872. The third-order valence-electron chi connectivity index (χ3n) is 2.83. The van der Waals surface area contributed by atoms with Gasteiger partial charge in [-0.25, -0.2) is 4.79 Å². The number of hydrogen-bond donors (Lipinski definition) is 1. The molecular formula is C12H16N2O2S. The molecular weight excluding hydrogens is 236 g/mol. The van der Waals surface area contributed by atoms with Gasteiger partial charge in [-0.1, -0.05) is 6.92 Å². The molecule has 1 aromatic heterocycles. The molecule has 2 rings (SSSR count). The number of carboxylic acid groups (broad SMARTS) is 1. The summed E-state index contributed by atoms with van der Waals surface area (Å²) in [5, 5.41) is 9.72. The molecule has 1 aliphatic rings. The largest absolute Gasteiger partial charge is 0.478 e. The van der Waals surface area contributed by atoms with E-state index in [1.165, 1.54) is 6.20 Å². The fourth-order valence-corrected chi connectivity index (χ4v) is 3.02. The van der Waals surface area contributed by atoms with Crippen LogP contribution in [0, 0.1) is 6.92 Å². The number of carboxylic acids is 1. The Balaban J connectivity index is 2.35. The van der Waals surface area contributed by atoms with Crippen LogP contribution in [0.3, 0.4) is 0 Å². The number of hydrogen-bond acceptors (Lipinski definition) is 4. The molecule has 1 atom stereocenters. The molecule has 0 radical (unpaired) electrons. The molecule has 0 aromatic carbocycles. The number of pyridine rings is 1. The second kappa shape index (κ2) is 4.96. The van der Waals surface area contributed by atoms with Gasteiger partial charge in [0.05, 0.1) is 5.69 Å². The van der Waals surface area contributed by atoms with E-state index in [0.29, 0.717) is 10.8 Å². The Labute approximate surface area is 105 Å². The summed E-state index contributed by atoms with van der Waals surface area (Å²) in [7, 11) is 0. The molecule has 92 valence electrons. The van der Waals surface area contributed by atoms with E-state index in [4.69, 9.17) is 0 Å². The standard InChI is InChI=1S/C12H16N2O2S/c1-8-5-11(10(6-13-8)12(15)16)14-3-4-17-9(2)7-14/h5-6,9H,3-4,7H2,1-2H3,(H,15,16). The van der Waals surface area contributed by atoms with E-state index in [2.05, 4.69) is 16.8 Å². The highest BCUT2D eigenvalue weighted by molar-refractivity contribution is 8.00. The Morgan fingerprint density at radius 2 is 2.41 bits per heavy atom. The number of carbonyl (C=O) groups is 1. The SMILES string of the molecule is Cc1cc(N2CCSC(C)C2)c(C(=O)O)cn1. The molecule has 17 heavy (non-hydrogen) atoms. The maximum atomic E-state index is 11.2. The molecule has 1 N–H and O–H groups in total. The molecule has 0 bridgehead atoms. The van der Waals surface area contributed by atoms with Gasteiger partial charge in [0.2, 0.25) is 0 Å². The fourth-order valence-electron chi connectivity index (χ4n) is 2.01. The van der Waals surface area contributed by atoms with Crippen molar-refractivity contribution in [2.45, 2.75) is 19.1 Å². The number of aryl methyl sites for hydroxylation is 1. The Bertz CT molecular complexity index is 437. The maximum absolute atomic E-state index is 11.2. The number of anilines is 1. The minimum atomic E-state index is -0.904. The predicted molar refractivity (Wildman–Crippen MR) is 70.1 cm³/mol. The first-order valence-corrected chi connectivity index (χ1v) is 6.69. The summed E-state index contributed by atoms with van der Waals surface area (Å²) in [5.41, 5.74) is 1.96. The summed E-state index contributed by atoms with van der Waals surface area (Å²) in [5.74, 6) is 0.139. The van der Waals surface area contributed by atoms with Gasteiger partial charge in [-0.3, -0.25) is 4.98 Å². The molecule has 0 spiro atoms. The van der Waals surface area contributed by atoms with E-state index in [1.807, 2.05) is 24.8 Å². The molecule has 1 fully saturated rings. The second-order valence-electron chi connectivity index (χ2n) is 4.28. The van der Waals surface area contributed by atoms with Crippen molar-refractivity contribution in [2.75, 3.05) is 23.7 Å². The highest BCUT2D eigenvalue weighted by Gasteiger charge is 2.21. The molecule has 4 nitrogen and oxygen atoms in total. The van der Waals surface area contributed by atoms with Crippen LogP contribution in [0.2, 0.25) is 0 Å². The van der Waals surface area contributed by atoms with Crippen LogP contribution in [0.4, 0.5) is 5.69 Å². The van der Waals surface area contributed by atoms with Gasteiger partial charge in [-0.05, 0) is 13.0 Å². The lowest BCUT2D eigenvalue weighted by Crippen LogP contribution is -2.37. The van der Waals surface area contributed by atoms with Crippen molar-refractivity contribution in [3.8, 4) is 0 Å². The predicted octanol–water partition coefficient (Wildman–Crippen LogP) is 2.03. The van der Waals surface area contributed by atoms with Crippen LogP contribution in [-0.2, 0) is 0 Å². The number of aromatic carboxylic acids is 1.